The van der Waals surface area contributed by atoms with E-state index in [-0.39, 0.29) is 11.6 Å². The minimum Gasteiger partial charge on any atom is -0.463 e. The van der Waals surface area contributed by atoms with Crippen LogP contribution in [0.3, 0.4) is 0 Å². The predicted octanol–water partition coefficient (Wildman–Crippen LogP) is 4.49. The molecule has 31 heavy (non-hydrogen) atoms. The van der Waals surface area contributed by atoms with Gasteiger partial charge in [-0.1, -0.05) is 12.1 Å². The molecule has 4 rings (SSSR count). The number of piperidine rings is 1. The number of hydrogen-bond donors (Lipinski definition) is 1. The smallest absolute Gasteiger partial charge is 0.463 e. The van der Waals surface area contributed by atoms with E-state index in [0.717, 1.165) is 12.5 Å². The molecule has 0 saturated carbocycles. The molecule has 1 unspecified atom stereocenters. The summed E-state index contributed by atoms with van der Waals surface area (Å²) in [5.41, 5.74) is 0.575. The molecule has 1 fully saturated rings. The Morgan fingerprint density at radius 2 is 1.97 bits per heavy atom. The lowest BCUT2D eigenvalue weighted by Gasteiger charge is -2.32. The Hall–Kier alpha value is -3.56. The Morgan fingerprint density at radius 1 is 1.13 bits per heavy atom. The Kier molecular flexibility index (Phi) is 5.79. The van der Waals surface area contributed by atoms with E-state index in [1.807, 2.05) is 4.90 Å². The third kappa shape index (κ3) is 5.14. The highest BCUT2D eigenvalue weighted by atomic mass is 19.4. The molecule has 0 radical (unpaired) electrons. The van der Waals surface area contributed by atoms with Gasteiger partial charge in [0.1, 0.15) is 5.69 Å². The van der Waals surface area contributed by atoms with E-state index in [4.69, 9.17) is 4.42 Å². The molecule has 0 spiro atoms. The van der Waals surface area contributed by atoms with Crippen LogP contribution in [0.15, 0.2) is 59.2 Å². The number of benzene rings is 1. The Balaban J connectivity index is 1.42. The lowest BCUT2D eigenvalue weighted by atomic mass is 9.97. The quantitative estimate of drug-likeness (QED) is 0.640. The second-order valence-corrected chi connectivity index (χ2v) is 7.07. The van der Waals surface area contributed by atoms with Crippen LogP contribution in [0.1, 0.15) is 12.8 Å². The average Bonchev–Trinajstić information content (AvgIpc) is 3.29. The van der Waals surface area contributed by atoms with Gasteiger partial charge in [0.05, 0.1) is 17.9 Å². The molecule has 2 aromatic heterocycles. The van der Waals surface area contributed by atoms with Crippen LogP contribution in [0.2, 0.25) is 0 Å². The van der Waals surface area contributed by atoms with Crippen LogP contribution >= 0.6 is 0 Å². The lowest BCUT2D eigenvalue weighted by Crippen LogP contribution is -2.41. The normalized spacial score (nSPS) is 16.7. The van der Waals surface area contributed by atoms with Gasteiger partial charge in [0.2, 0.25) is 5.91 Å². The van der Waals surface area contributed by atoms with Crippen molar-refractivity contribution >= 4 is 17.4 Å². The third-order valence-electron chi connectivity index (χ3n) is 4.91. The molecule has 7 nitrogen and oxygen atoms in total. The minimum absolute atomic E-state index is 0.0236. The highest BCUT2D eigenvalue weighted by Crippen LogP contribution is 2.31. The molecule has 1 aliphatic rings. The van der Waals surface area contributed by atoms with E-state index >= 15 is 0 Å². The maximum absolute atomic E-state index is 12.7. The fraction of sp³-hybridized carbons (Fsp3) is 0.286. The summed E-state index contributed by atoms with van der Waals surface area (Å²) in [4.78, 5) is 14.7. The Morgan fingerprint density at radius 3 is 2.68 bits per heavy atom. The second-order valence-electron chi connectivity index (χ2n) is 7.07. The number of rotatable bonds is 5. The molecule has 1 aromatic carbocycles. The van der Waals surface area contributed by atoms with Gasteiger partial charge in [-0.25, -0.2) is 0 Å². The molecular formula is C21H19F3N4O3. The number of hydrogen-bond acceptors (Lipinski definition) is 6. The first-order valence-electron chi connectivity index (χ1n) is 9.67. The molecule has 3 heterocycles. The molecule has 1 saturated heterocycles. The number of furan rings is 1. The molecule has 162 valence electrons. The maximum Gasteiger partial charge on any atom is 0.573 e. The van der Waals surface area contributed by atoms with Crippen molar-refractivity contribution in [1.82, 2.24) is 10.2 Å². The van der Waals surface area contributed by atoms with Gasteiger partial charge in [0, 0.05) is 13.1 Å². The molecule has 1 amide bonds. The first kappa shape index (κ1) is 20.7. The zero-order valence-electron chi connectivity index (χ0n) is 16.3. The van der Waals surface area contributed by atoms with E-state index in [9.17, 15) is 18.0 Å². The summed E-state index contributed by atoms with van der Waals surface area (Å²) in [6.45, 7) is 1.08. The predicted molar refractivity (Wildman–Crippen MR) is 106 cm³/mol. The van der Waals surface area contributed by atoms with Crippen molar-refractivity contribution < 1.29 is 27.1 Å². The number of amides is 1. The number of halogens is 3. The van der Waals surface area contributed by atoms with Crippen molar-refractivity contribution in [3.63, 3.8) is 0 Å². The number of nitrogens with zero attached hydrogens (tertiary/aromatic N) is 3. The van der Waals surface area contributed by atoms with Crippen LogP contribution in [0.25, 0.3) is 11.5 Å². The van der Waals surface area contributed by atoms with Crippen molar-refractivity contribution in [1.29, 1.82) is 0 Å². The molecule has 10 heteroatoms. The summed E-state index contributed by atoms with van der Waals surface area (Å²) in [6.07, 6.45) is -1.94. The first-order chi connectivity index (χ1) is 14.9. The number of alkyl halides is 3. The summed E-state index contributed by atoms with van der Waals surface area (Å²) in [5.74, 6) is -0.0129. The number of para-hydroxylation sites is 2. The standard InChI is InChI=1S/C21H19F3N4O3/c22-21(23,24)31-18-7-2-1-6-15(18)25-20(29)14-5-3-11-28(13-14)19-10-9-16(26-27-19)17-8-4-12-30-17/h1-2,4,6-10,12,14H,3,5,11,13H2,(H,25,29). The van der Waals surface area contributed by atoms with Gasteiger partial charge in [-0.2, -0.15) is 0 Å². The van der Waals surface area contributed by atoms with E-state index in [1.165, 1.54) is 18.2 Å². The molecule has 0 bridgehead atoms. The van der Waals surface area contributed by atoms with Crippen molar-refractivity contribution in [2.24, 2.45) is 5.92 Å². The molecule has 3 aromatic rings. The van der Waals surface area contributed by atoms with Crippen LogP contribution in [-0.2, 0) is 4.79 Å². The maximum atomic E-state index is 12.7. The zero-order chi connectivity index (χ0) is 21.8. The van der Waals surface area contributed by atoms with Crippen molar-refractivity contribution in [2.75, 3.05) is 23.3 Å². The van der Waals surface area contributed by atoms with Gasteiger partial charge >= 0.3 is 6.36 Å². The van der Waals surface area contributed by atoms with E-state index in [0.29, 0.717) is 36.8 Å². The average molecular weight is 432 g/mol. The topological polar surface area (TPSA) is 80.5 Å². The van der Waals surface area contributed by atoms with Crippen LogP contribution in [-0.4, -0.2) is 35.6 Å². The highest BCUT2D eigenvalue weighted by Gasteiger charge is 2.33. The van der Waals surface area contributed by atoms with Gasteiger partial charge in [0.25, 0.3) is 0 Å². The summed E-state index contributed by atoms with van der Waals surface area (Å²) >= 11 is 0. The van der Waals surface area contributed by atoms with Gasteiger partial charge in [-0.3, -0.25) is 4.79 Å². The van der Waals surface area contributed by atoms with Gasteiger partial charge < -0.3 is 19.4 Å². The number of aromatic nitrogens is 2. The summed E-state index contributed by atoms with van der Waals surface area (Å²) in [6, 6.07) is 12.6. The van der Waals surface area contributed by atoms with Crippen molar-refractivity contribution in [2.45, 2.75) is 19.2 Å². The van der Waals surface area contributed by atoms with Crippen LogP contribution in [0.5, 0.6) is 5.75 Å². The van der Waals surface area contributed by atoms with Crippen molar-refractivity contribution in [3.05, 3.63) is 54.8 Å². The van der Waals surface area contributed by atoms with Gasteiger partial charge in [-0.05, 0) is 49.2 Å². The number of anilines is 2. The fourth-order valence-corrected chi connectivity index (χ4v) is 3.47. The number of carbonyl (C=O) groups excluding carboxylic acids is 1. The van der Waals surface area contributed by atoms with Crippen LogP contribution in [0, 0.1) is 5.92 Å². The Bertz CT molecular complexity index is 1020. The zero-order valence-corrected chi connectivity index (χ0v) is 16.3. The van der Waals surface area contributed by atoms with Crippen molar-refractivity contribution in [3.8, 4) is 17.2 Å². The summed E-state index contributed by atoms with van der Waals surface area (Å²) < 4.78 is 47.1. The monoisotopic (exact) mass is 432 g/mol. The summed E-state index contributed by atoms with van der Waals surface area (Å²) in [5, 5.41) is 11.0. The third-order valence-corrected chi connectivity index (χ3v) is 4.91. The molecule has 0 aliphatic carbocycles. The number of ether oxygens (including phenoxy) is 1. The SMILES string of the molecule is O=C(Nc1ccccc1OC(F)(F)F)C1CCCN(c2ccc(-c3ccco3)nn2)C1. The molecule has 1 atom stereocenters. The minimum atomic E-state index is -4.84. The van der Waals surface area contributed by atoms with Crippen LogP contribution < -0.4 is 15.0 Å². The number of carbonyl (C=O) groups is 1. The van der Waals surface area contributed by atoms with Crippen LogP contribution in [0.4, 0.5) is 24.7 Å². The highest BCUT2D eigenvalue weighted by molar-refractivity contribution is 5.94. The molecular weight excluding hydrogens is 413 g/mol. The fourth-order valence-electron chi connectivity index (χ4n) is 3.47. The lowest BCUT2D eigenvalue weighted by molar-refractivity contribution is -0.274. The summed E-state index contributed by atoms with van der Waals surface area (Å²) in [7, 11) is 0. The number of nitrogens with one attached hydrogen (secondary N) is 1. The van der Waals surface area contributed by atoms with Gasteiger partial charge in [-0.15, -0.1) is 23.4 Å². The largest absolute Gasteiger partial charge is 0.573 e. The second kappa shape index (κ2) is 8.66. The van der Waals surface area contributed by atoms with Gasteiger partial charge in [0.15, 0.2) is 17.3 Å². The molecule has 1 aliphatic heterocycles. The molecule has 1 N–H and O–H groups in total. The van der Waals surface area contributed by atoms with E-state index in [1.54, 1.807) is 30.5 Å². The first-order valence-corrected chi connectivity index (χ1v) is 9.67. The van der Waals surface area contributed by atoms with E-state index < -0.39 is 18.0 Å². The Labute approximate surface area is 175 Å². The van der Waals surface area contributed by atoms with E-state index in [2.05, 4.69) is 20.3 Å².